The van der Waals surface area contributed by atoms with E-state index in [0.717, 1.165) is 12.1 Å². The fourth-order valence-electron chi connectivity index (χ4n) is 2.96. The first-order valence-corrected chi connectivity index (χ1v) is 18.8. The van der Waals surface area contributed by atoms with Gasteiger partial charge in [-0.15, -0.1) is 0 Å². The maximum absolute atomic E-state index is 10.4. The zero-order chi connectivity index (χ0) is 38.2. The highest BCUT2D eigenvalue weighted by Gasteiger charge is 2.08. The normalized spacial score (nSPS) is 11.0. The molecule has 5 rings (SSSR count). The largest absolute Gasteiger partial charge is 0.508 e. The summed E-state index contributed by atoms with van der Waals surface area (Å²) in [5.41, 5.74) is 0. The molecule has 0 unspecified atom stereocenters. The molecule has 0 aliphatic heterocycles. The van der Waals surface area contributed by atoms with Crippen LogP contribution in [0.15, 0.2) is 153 Å². The van der Waals surface area contributed by atoms with Gasteiger partial charge in [-0.05, 0) is 48.5 Å². The van der Waals surface area contributed by atoms with Gasteiger partial charge >= 0.3 is 0 Å². The minimum Gasteiger partial charge on any atom is -0.508 e. The molecule has 0 fully saturated rings. The maximum Gasteiger partial charge on any atom is 0.294 e. The summed E-state index contributed by atoms with van der Waals surface area (Å²) in [5.74, 6) is -2.01. The fraction of sp³-hybridized carbons (Fsp3) is 0. The smallest absolute Gasteiger partial charge is 0.294 e. The van der Waals surface area contributed by atoms with Crippen molar-refractivity contribution >= 4 is 40.5 Å². The first-order valence-electron chi connectivity index (χ1n) is 13.1. The molecule has 270 valence electrons. The van der Waals surface area contributed by atoms with Gasteiger partial charge in [-0.1, -0.05) is 72.8 Å². The number of hydrogen-bond acceptors (Lipinski definition) is 12. The van der Waals surface area contributed by atoms with Crippen LogP contribution in [0.1, 0.15) is 0 Å². The summed E-state index contributed by atoms with van der Waals surface area (Å²) in [6, 6.07) is 31.5. The van der Waals surface area contributed by atoms with Crippen LogP contribution in [-0.4, -0.2) is 72.3 Å². The number of hydrogen-bond donors (Lipinski definition) is 8. The molecule has 0 aromatic heterocycles. The van der Waals surface area contributed by atoms with E-state index in [4.69, 9.17) is 38.6 Å². The van der Waals surface area contributed by atoms with E-state index in [1.807, 2.05) is 0 Å². The minimum atomic E-state index is -4.00. The topological polar surface area (TPSA) is 298 Å². The van der Waals surface area contributed by atoms with Crippen molar-refractivity contribution in [2.45, 2.75) is 19.6 Å². The van der Waals surface area contributed by atoms with Crippen LogP contribution in [0, 0.1) is 0 Å². The van der Waals surface area contributed by atoms with Crippen molar-refractivity contribution in [3.05, 3.63) is 133 Å². The van der Waals surface area contributed by atoms with Crippen LogP contribution in [-0.2, 0) is 40.5 Å². The number of aromatic hydroxyl groups is 4. The van der Waals surface area contributed by atoms with Gasteiger partial charge in [-0.2, -0.15) is 33.7 Å². The molecule has 0 saturated carbocycles. The molecule has 0 amide bonds. The second kappa shape index (κ2) is 19.2. The lowest BCUT2D eigenvalue weighted by molar-refractivity contribution is 0.361. The van der Waals surface area contributed by atoms with Crippen LogP contribution >= 0.6 is 0 Å². The summed E-state index contributed by atoms with van der Waals surface area (Å²) in [4.78, 5) is -0.296. The van der Waals surface area contributed by atoms with Crippen LogP contribution in [0.5, 0.6) is 23.0 Å². The monoisotopic (exact) mass is 774 g/mol. The van der Waals surface area contributed by atoms with Crippen LogP contribution < -0.4 is 0 Å². The molecule has 5 aromatic carbocycles. The van der Waals surface area contributed by atoms with Gasteiger partial charge in [-0.3, -0.25) is 18.2 Å². The number of phenols is 4. The van der Waals surface area contributed by atoms with E-state index in [1.54, 1.807) is 72.8 Å². The first-order chi connectivity index (χ1) is 23.0. The van der Waals surface area contributed by atoms with Crippen molar-refractivity contribution in [2.24, 2.45) is 0 Å². The first kappa shape index (κ1) is 43.0. The molecule has 0 heterocycles. The van der Waals surface area contributed by atoms with E-state index in [0.29, 0.717) is 0 Å². The Bertz CT molecular complexity index is 1920. The third-order valence-electron chi connectivity index (χ3n) is 5.22. The van der Waals surface area contributed by atoms with Crippen molar-refractivity contribution in [1.82, 2.24) is 0 Å². The molecule has 0 aliphatic carbocycles. The van der Waals surface area contributed by atoms with Gasteiger partial charge in [0.25, 0.3) is 40.5 Å². The van der Waals surface area contributed by atoms with E-state index >= 15 is 0 Å². The molecule has 0 spiro atoms. The Balaban J connectivity index is 0.000000312. The molecule has 20 heteroatoms. The molecule has 0 aliphatic rings. The SMILES string of the molecule is O=S(=O)(O)c1ccccc1.O=S(=O)(O)c1ccccc1.O=S(=O)(O)c1ccccc1.O=S(=O)(O)c1ccccc1.Oc1cc(O)c(O)c(O)c1. The summed E-state index contributed by atoms with van der Waals surface area (Å²) in [6.45, 7) is 0. The van der Waals surface area contributed by atoms with Crippen LogP contribution in [0.2, 0.25) is 0 Å². The van der Waals surface area contributed by atoms with E-state index < -0.39 is 57.7 Å². The highest BCUT2D eigenvalue weighted by atomic mass is 32.2. The number of rotatable bonds is 4. The molecule has 5 aromatic rings. The van der Waals surface area contributed by atoms with Crippen LogP contribution in [0.25, 0.3) is 0 Å². The molecule has 0 bridgehead atoms. The maximum atomic E-state index is 10.4. The third kappa shape index (κ3) is 16.9. The molecule has 50 heavy (non-hydrogen) atoms. The summed E-state index contributed by atoms with van der Waals surface area (Å²) in [7, 11) is -16.0. The zero-order valence-corrected chi connectivity index (χ0v) is 28.4. The highest BCUT2D eigenvalue weighted by Crippen LogP contribution is 2.37. The van der Waals surface area contributed by atoms with Gasteiger partial charge in [0.2, 0.25) is 5.75 Å². The van der Waals surface area contributed by atoms with E-state index in [2.05, 4.69) is 0 Å². The van der Waals surface area contributed by atoms with Crippen molar-refractivity contribution in [2.75, 3.05) is 0 Å². The second-order valence-corrected chi connectivity index (χ2v) is 14.7. The summed E-state index contributed by atoms with van der Waals surface area (Å²) < 4.78 is 117. The third-order valence-corrected chi connectivity index (χ3v) is 8.69. The second-order valence-electron chi connectivity index (χ2n) is 8.99. The molecule has 0 saturated heterocycles. The van der Waals surface area contributed by atoms with Crippen molar-refractivity contribution in [3.8, 4) is 23.0 Å². The predicted molar refractivity (Wildman–Crippen MR) is 178 cm³/mol. The van der Waals surface area contributed by atoms with Crippen LogP contribution in [0.4, 0.5) is 0 Å². The van der Waals surface area contributed by atoms with Gasteiger partial charge in [0, 0.05) is 12.1 Å². The van der Waals surface area contributed by atoms with Crippen molar-refractivity contribution in [3.63, 3.8) is 0 Å². The molecule has 0 radical (unpaired) electrons. The van der Waals surface area contributed by atoms with Gasteiger partial charge in [0.15, 0.2) is 11.5 Å². The Morgan fingerprint density at radius 2 is 0.500 bits per heavy atom. The zero-order valence-electron chi connectivity index (χ0n) is 25.2. The number of benzene rings is 5. The van der Waals surface area contributed by atoms with Gasteiger partial charge in [0.05, 0.1) is 19.6 Å². The minimum absolute atomic E-state index is 0.0741. The average molecular weight is 775 g/mol. The Hall–Kier alpha value is -5.06. The quantitative estimate of drug-likeness (QED) is 0.0719. The summed E-state index contributed by atoms with van der Waals surface area (Å²) in [5, 5.41) is 34.8. The van der Waals surface area contributed by atoms with Gasteiger partial charge in [-0.25, -0.2) is 0 Å². The average Bonchev–Trinajstić information content (AvgIpc) is 3.05. The molecule has 8 N–H and O–H groups in total. The standard InChI is InChI=1S/C6H6O4.4C6H6O3S/c7-3-1-4(8)6(10)5(9)2-3;4*7-10(8,9)6-4-2-1-3-5-6/h1-2,7-10H;4*1-5H,(H,7,8,9). The van der Waals surface area contributed by atoms with Gasteiger partial charge < -0.3 is 20.4 Å². The van der Waals surface area contributed by atoms with Crippen LogP contribution in [0.3, 0.4) is 0 Å². The fourth-order valence-corrected chi connectivity index (χ4v) is 4.96. The Morgan fingerprint density at radius 3 is 0.640 bits per heavy atom. The lowest BCUT2D eigenvalue weighted by Gasteiger charge is -1.99. The van der Waals surface area contributed by atoms with E-state index in [-0.39, 0.29) is 25.3 Å². The lowest BCUT2D eigenvalue weighted by atomic mass is 10.3. The molecule has 0 atom stereocenters. The van der Waals surface area contributed by atoms with E-state index in [9.17, 15) is 33.7 Å². The summed E-state index contributed by atoms with van der Waals surface area (Å²) >= 11 is 0. The Kier molecular flexibility index (Phi) is 16.5. The predicted octanol–water partition coefficient (Wildman–Crippen LogP) is 4.24. The highest BCUT2D eigenvalue weighted by molar-refractivity contribution is 7.86. The molecular formula is C30H30O16S4. The lowest BCUT2D eigenvalue weighted by Crippen LogP contribution is -1.96. The van der Waals surface area contributed by atoms with Crippen molar-refractivity contribution < 1.29 is 72.3 Å². The molecule has 16 nitrogen and oxygen atoms in total. The summed E-state index contributed by atoms with van der Waals surface area (Å²) in [6.07, 6.45) is 0. The van der Waals surface area contributed by atoms with Gasteiger partial charge in [0.1, 0.15) is 5.75 Å². The number of phenolic OH excluding ortho intramolecular Hbond substituents is 4. The van der Waals surface area contributed by atoms with Crippen molar-refractivity contribution in [1.29, 1.82) is 0 Å². The Morgan fingerprint density at radius 1 is 0.320 bits per heavy atom. The Labute approximate surface area is 287 Å². The molecular weight excluding hydrogens is 745 g/mol. The van der Waals surface area contributed by atoms with E-state index in [1.165, 1.54) is 48.5 Å².